The zero-order chi connectivity index (χ0) is 20.5. The van der Waals surface area contributed by atoms with Crippen LogP contribution in [0.1, 0.15) is 33.0 Å². The van der Waals surface area contributed by atoms with Crippen molar-refractivity contribution in [3.05, 3.63) is 30.1 Å². The highest BCUT2D eigenvalue weighted by Gasteiger charge is 2.35. The minimum Gasteiger partial charge on any atom is -0.378 e. The van der Waals surface area contributed by atoms with Crippen LogP contribution in [0, 0.1) is 11.3 Å². The number of benzene rings is 1. The number of nitrogens with zero attached hydrogens (tertiary/aromatic N) is 8. The zero-order valence-electron chi connectivity index (χ0n) is 16.7. The summed E-state index contributed by atoms with van der Waals surface area (Å²) in [7, 11) is 3.91. The van der Waals surface area contributed by atoms with Gasteiger partial charge in [-0.15, -0.1) is 0 Å². The molecule has 1 aliphatic rings. The van der Waals surface area contributed by atoms with E-state index in [4.69, 9.17) is 5.73 Å². The van der Waals surface area contributed by atoms with Crippen LogP contribution in [0.15, 0.2) is 34.4 Å². The van der Waals surface area contributed by atoms with Gasteiger partial charge in [-0.25, -0.2) is 10.0 Å². The van der Waals surface area contributed by atoms with Crippen molar-refractivity contribution in [1.29, 1.82) is 5.26 Å². The van der Waals surface area contributed by atoms with Crippen molar-refractivity contribution in [2.75, 3.05) is 29.7 Å². The molecule has 1 aromatic heterocycles. The maximum absolute atomic E-state index is 9.60. The lowest BCUT2D eigenvalue weighted by Crippen LogP contribution is -2.38. The highest BCUT2D eigenvalue weighted by molar-refractivity contribution is 6.10. The van der Waals surface area contributed by atoms with E-state index in [1.165, 1.54) is 0 Å². The van der Waals surface area contributed by atoms with Crippen LogP contribution in [-0.4, -0.2) is 46.0 Å². The van der Waals surface area contributed by atoms with E-state index in [1.54, 1.807) is 5.01 Å². The maximum Gasteiger partial charge on any atom is 0.252 e. The van der Waals surface area contributed by atoms with Gasteiger partial charge in [-0.05, 0) is 45.0 Å². The van der Waals surface area contributed by atoms with E-state index in [0.29, 0.717) is 11.6 Å². The standard InChI is InChI=1S/C19H23N9/c1-12-10-19(2,3)28(26-12)18-24-16(23-17(21)25-18)15(11-20)22-13-6-8-14(9-7-13)27(4)5/h6-9H,10H2,1-5H3,(H2,21,23,24,25). The Bertz CT molecular complexity index is 981. The monoisotopic (exact) mass is 377 g/mol. The van der Waals surface area contributed by atoms with Gasteiger partial charge in [0.15, 0.2) is 11.5 Å². The molecule has 0 spiro atoms. The van der Waals surface area contributed by atoms with Crippen LogP contribution in [0.25, 0.3) is 0 Å². The van der Waals surface area contributed by atoms with Gasteiger partial charge >= 0.3 is 0 Å². The fraction of sp³-hybridized carbons (Fsp3) is 0.368. The summed E-state index contributed by atoms with van der Waals surface area (Å²) >= 11 is 0. The molecule has 0 unspecified atom stereocenters. The summed E-state index contributed by atoms with van der Waals surface area (Å²) in [6.45, 7) is 6.03. The molecule has 1 aromatic carbocycles. The third-order valence-electron chi connectivity index (χ3n) is 4.29. The number of anilines is 3. The topological polar surface area (TPSA) is 120 Å². The number of hydrogen-bond acceptors (Lipinski definition) is 9. The van der Waals surface area contributed by atoms with Gasteiger partial charge in [0.2, 0.25) is 5.95 Å². The maximum atomic E-state index is 9.60. The number of hydrazone groups is 1. The van der Waals surface area contributed by atoms with E-state index in [1.807, 2.05) is 64.0 Å². The molecule has 0 fully saturated rings. The van der Waals surface area contributed by atoms with Crippen LogP contribution in [0.4, 0.5) is 23.3 Å². The number of rotatable bonds is 4. The van der Waals surface area contributed by atoms with E-state index >= 15 is 0 Å². The second kappa shape index (κ2) is 7.23. The van der Waals surface area contributed by atoms with Gasteiger partial charge in [0.1, 0.15) is 6.07 Å². The molecule has 3 rings (SSSR count). The number of nitrogens with two attached hydrogens (primary N) is 1. The van der Waals surface area contributed by atoms with Crippen LogP contribution < -0.4 is 15.6 Å². The van der Waals surface area contributed by atoms with E-state index in [9.17, 15) is 5.26 Å². The van der Waals surface area contributed by atoms with Crippen LogP contribution in [0.5, 0.6) is 0 Å². The first-order valence-electron chi connectivity index (χ1n) is 8.82. The minimum atomic E-state index is -0.291. The lowest BCUT2D eigenvalue weighted by molar-refractivity contribution is 0.505. The van der Waals surface area contributed by atoms with E-state index in [2.05, 4.69) is 31.1 Å². The SMILES string of the molecule is CC1=NN(c2nc(N)nc(C(C#N)=Nc3ccc(N(C)C)cc3)n2)C(C)(C)C1. The molecule has 0 saturated heterocycles. The fourth-order valence-electron chi connectivity index (χ4n) is 3.02. The Balaban J connectivity index is 2.00. The van der Waals surface area contributed by atoms with Crippen LogP contribution in [-0.2, 0) is 0 Å². The number of aromatic nitrogens is 3. The van der Waals surface area contributed by atoms with Crippen molar-refractivity contribution in [2.45, 2.75) is 32.7 Å². The molecular weight excluding hydrogens is 354 g/mol. The van der Waals surface area contributed by atoms with Gasteiger partial charge < -0.3 is 10.6 Å². The van der Waals surface area contributed by atoms with Crippen molar-refractivity contribution < 1.29 is 0 Å². The predicted octanol–water partition coefficient (Wildman–Crippen LogP) is 2.53. The summed E-state index contributed by atoms with van der Waals surface area (Å²) in [5.41, 5.74) is 8.28. The molecule has 2 N–H and O–H groups in total. The first-order chi connectivity index (χ1) is 13.2. The Morgan fingerprint density at radius 2 is 1.89 bits per heavy atom. The number of hydrogen-bond donors (Lipinski definition) is 1. The van der Waals surface area contributed by atoms with Gasteiger partial charge in [-0.1, -0.05) is 0 Å². The number of nitrogen functional groups attached to an aromatic ring is 1. The van der Waals surface area contributed by atoms with Crippen molar-refractivity contribution in [1.82, 2.24) is 15.0 Å². The second-order valence-electron chi connectivity index (χ2n) is 7.44. The fourth-order valence-corrected chi connectivity index (χ4v) is 3.02. The number of nitriles is 1. The van der Waals surface area contributed by atoms with Crippen LogP contribution >= 0.6 is 0 Å². The third kappa shape index (κ3) is 3.91. The molecule has 0 bridgehead atoms. The molecule has 9 nitrogen and oxygen atoms in total. The van der Waals surface area contributed by atoms with Crippen molar-refractivity contribution >= 4 is 34.7 Å². The van der Waals surface area contributed by atoms with Gasteiger partial charge in [-0.2, -0.15) is 25.3 Å². The summed E-state index contributed by atoms with van der Waals surface area (Å²) in [5.74, 6) is 0.439. The smallest absolute Gasteiger partial charge is 0.252 e. The Hall–Kier alpha value is -3.54. The molecule has 0 saturated carbocycles. The minimum absolute atomic E-state index is 0.0152. The molecule has 9 heteroatoms. The highest BCUT2D eigenvalue weighted by Crippen LogP contribution is 2.30. The van der Waals surface area contributed by atoms with E-state index in [0.717, 1.165) is 17.8 Å². The van der Waals surface area contributed by atoms with Crippen molar-refractivity contribution in [3.63, 3.8) is 0 Å². The summed E-state index contributed by atoms with van der Waals surface area (Å²) in [5, 5.41) is 15.8. The Morgan fingerprint density at radius 3 is 2.43 bits per heavy atom. The largest absolute Gasteiger partial charge is 0.378 e. The van der Waals surface area contributed by atoms with Gasteiger partial charge in [-0.3, -0.25) is 0 Å². The van der Waals surface area contributed by atoms with E-state index < -0.39 is 0 Å². The van der Waals surface area contributed by atoms with Crippen LogP contribution in [0.3, 0.4) is 0 Å². The molecule has 2 aromatic rings. The normalized spacial score (nSPS) is 15.9. The highest BCUT2D eigenvalue weighted by atomic mass is 15.6. The molecule has 0 atom stereocenters. The Kier molecular flexibility index (Phi) is 4.96. The molecule has 0 aliphatic carbocycles. The molecule has 2 heterocycles. The molecule has 1 aliphatic heterocycles. The zero-order valence-corrected chi connectivity index (χ0v) is 16.7. The third-order valence-corrected chi connectivity index (χ3v) is 4.29. The first-order valence-corrected chi connectivity index (χ1v) is 8.82. The lowest BCUT2D eigenvalue weighted by Gasteiger charge is -2.28. The van der Waals surface area contributed by atoms with Gasteiger partial charge in [0.25, 0.3) is 5.95 Å². The lowest BCUT2D eigenvalue weighted by atomic mass is 9.99. The Morgan fingerprint density at radius 1 is 1.21 bits per heavy atom. The van der Waals surface area contributed by atoms with Crippen molar-refractivity contribution in [3.8, 4) is 6.07 Å². The van der Waals surface area contributed by atoms with Crippen LogP contribution in [0.2, 0.25) is 0 Å². The average Bonchev–Trinajstić information content (AvgIpc) is 2.91. The van der Waals surface area contributed by atoms with Gasteiger partial charge in [0, 0.05) is 31.9 Å². The molecular formula is C19H23N9. The van der Waals surface area contributed by atoms with E-state index in [-0.39, 0.29) is 23.0 Å². The molecule has 0 amide bonds. The quantitative estimate of drug-likeness (QED) is 0.813. The second-order valence-corrected chi connectivity index (χ2v) is 7.44. The summed E-state index contributed by atoms with van der Waals surface area (Å²) in [6, 6.07) is 9.56. The number of aliphatic imine (C=N–C) groups is 1. The van der Waals surface area contributed by atoms with Gasteiger partial charge in [0.05, 0.1) is 11.2 Å². The first kappa shape index (κ1) is 19.2. The summed E-state index contributed by atoms with van der Waals surface area (Å²) < 4.78 is 0. The average molecular weight is 377 g/mol. The Labute approximate surface area is 164 Å². The molecule has 0 radical (unpaired) electrons. The summed E-state index contributed by atoms with van der Waals surface area (Å²) in [6.07, 6.45) is 0.783. The van der Waals surface area contributed by atoms with Crippen molar-refractivity contribution in [2.24, 2.45) is 10.1 Å². The summed E-state index contributed by atoms with van der Waals surface area (Å²) in [4.78, 5) is 19.1. The molecule has 144 valence electrons. The molecule has 28 heavy (non-hydrogen) atoms. The predicted molar refractivity (Wildman–Crippen MR) is 111 cm³/mol.